The molecule has 2 aromatic carbocycles. The van der Waals surface area contributed by atoms with Crippen LogP contribution in [0.2, 0.25) is 5.02 Å². The number of halogens is 3. The Hall–Kier alpha value is -1.49. The van der Waals surface area contributed by atoms with Crippen LogP contribution in [0.3, 0.4) is 0 Å². The molecule has 2 nitrogen and oxygen atoms in total. The molecule has 1 unspecified atom stereocenters. The number of benzene rings is 2. The van der Waals surface area contributed by atoms with Gasteiger partial charge in [-0.15, -0.1) is 0 Å². The van der Waals surface area contributed by atoms with E-state index in [1.165, 1.54) is 24.3 Å². The summed E-state index contributed by atoms with van der Waals surface area (Å²) in [6, 6.07) is 8.52. The van der Waals surface area contributed by atoms with Crippen LogP contribution in [0.5, 0.6) is 0 Å². The molecule has 0 aromatic heterocycles. The molecule has 0 bridgehead atoms. The van der Waals surface area contributed by atoms with Crippen LogP contribution in [0.15, 0.2) is 36.4 Å². The van der Waals surface area contributed by atoms with Gasteiger partial charge >= 0.3 is 0 Å². The molecular formula is C15H15ClF2N2. The summed E-state index contributed by atoms with van der Waals surface area (Å²) in [5.74, 6) is 4.76. The summed E-state index contributed by atoms with van der Waals surface area (Å²) in [5.41, 5.74) is 4.38. The Labute approximate surface area is 121 Å². The topological polar surface area (TPSA) is 38.0 Å². The lowest BCUT2D eigenvalue weighted by Gasteiger charge is -2.18. The zero-order valence-corrected chi connectivity index (χ0v) is 11.7. The average Bonchev–Trinajstić information content (AvgIpc) is 2.40. The van der Waals surface area contributed by atoms with Crippen molar-refractivity contribution in [2.24, 2.45) is 5.84 Å². The summed E-state index contributed by atoms with van der Waals surface area (Å²) in [6.07, 6.45) is 0.299. The summed E-state index contributed by atoms with van der Waals surface area (Å²) in [4.78, 5) is 0. The van der Waals surface area contributed by atoms with E-state index in [9.17, 15) is 8.78 Å². The Morgan fingerprint density at radius 1 is 1.20 bits per heavy atom. The number of aryl methyl sites for hydroxylation is 1. The SMILES string of the molecule is Cc1ccc(C(Cc2cc(F)ccc2Cl)NN)c(F)c1. The molecule has 20 heavy (non-hydrogen) atoms. The van der Waals surface area contributed by atoms with E-state index in [1.807, 2.05) is 0 Å². The fourth-order valence-corrected chi connectivity index (χ4v) is 2.29. The largest absolute Gasteiger partial charge is 0.271 e. The summed E-state index contributed by atoms with van der Waals surface area (Å²) in [5, 5.41) is 0.430. The normalized spacial score (nSPS) is 12.4. The van der Waals surface area contributed by atoms with Crippen LogP contribution >= 0.6 is 11.6 Å². The van der Waals surface area contributed by atoms with E-state index in [0.29, 0.717) is 22.6 Å². The molecule has 1 atom stereocenters. The minimum absolute atomic E-state index is 0.299. The van der Waals surface area contributed by atoms with Gasteiger partial charge in [0.05, 0.1) is 6.04 Å². The number of hydrogen-bond donors (Lipinski definition) is 2. The van der Waals surface area contributed by atoms with E-state index in [-0.39, 0.29) is 11.6 Å². The van der Waals surface area contributed by atoms with Crippen LogP contribution in [-0.4, -0.2) is 0 Å². The van der Waals surface area contributed by atoms with Crippen LogP contribution in [0.4, 0.5) is 8.78 Å². The minimum atomic E-state index is -0.477. The number of rotatable bonds is 4. The van der Waals surface area contributed by atoms with Gasteiger partial charge in [0.2, 0.25) is 0 Å². The Bertz CT molecular complexity index is 617. The molecule has 0 heterocycles. The third-order valence-electron chi connectivity index (χ3n) is 3.16. The average molecular weight is 297 g/mol. The van der Waals surface area contributed by atoms with E-state index in [0.717, 1.165) is 5.56 Å². The van der Waals surface area contributed by atoms with Crippen molar-refractivity contribution in [1.82, 2.24) is 5.43 Å². The molecule has 106 valence electrons. The van der Waals surface area contributed by atoms with Crippen molar-refractivity contribution in [2.45, 2.75) is 19.4 Å². The van der Waals surface area contributed by atoms with Gasteiger partial charge in [-0.1, -0.05) is 23.7 Å². The summed E-state index contributed by atoms with van der Waals surface area (Å²) >= 11 is 6.02. The second kappa shape index (κ2) is 6.31. The van der Waals surface area contributed by atoms with Gasteiger partial charge in [0.1, 0.15) is 11.6 Å². The molecule has 5 heteroatoms. The Balaban J connectivity index is 2.31. The van der Waals surface area contributed by atoms with E-state index >= 15 is 0 Å². The van der Waals surface area contributed by atoms with Crippen molar-refractivity contribution >= 4 is 11.6 Å². The van der Waals surface area contributed by atoms with Crippen LogP contribution in [0.1, 0.15) is 22.7 Å². The highest BCUT2D eigenvalue weighted by Crippen LogP contribution is 2.25. The fraction of sp³-hybridized carbons (Fsp3) is 0.200. The van der Waals surface area contributed by atoms with Gasteiger partial charge in [-0.2, -0.15) is 0 Å². The van der Waals surface area contributed by atoms with Gasteiger partial charge in [-0.25, -0.2) is 8.78 Å². The molecule has 0 saturated heterocycles. The summed E-state index contributed by atoms with van der Waals surface area (Å²) < 4.78 is 27.2. The molecule has 0 aliphatic heterocycles. The van der Waals surface area contributed by atoms with Gasteiger partial charge in [0.25, 0.3) is 0 Å². The quantitative estimate of drug-likeness (QED) is 0.667. The smallest absolute Gasteiger partial charge is 0.128 e. The van der Waals surface area contributed by atoms with Crippen molar-refractivity contribution in [2.75, 3.05) is 0 Å². The third kappa shape index (κ3) is 3.33. The molecule has 0 aliphatic rings. The zero-order chi connectivity index (χ0) is 14.7. The van der Waals surface area contributed by atoms with Crippen LogP contribution in [0.25, 0.3) is 0 Å². The van der Waals surface area contributed by atoms with Gasteiger partial charge in [-0.05, 0) is 48.7 Å². The highest BCUT2D eigenvalue weighted by atomic mass is 35.5. The molecule has 0 amide bonds. The minimum Gasteiger partial charge on any atom is -0.271 e. The van der Waals surface area contributed by atoms with E-state index in [2.05, 4.69) is 5.43 Å². The van der Waals surface area contributed by atoms with Gasteiger partial charge in [0.15, 0.2) is 0 Å². The van der Waals surface area contributed by atoms with Gasteiger partial charge < -0.3 is 0 Å². The van der Waals surface area contributed by atoms with E-state index in [4.69, 9.17) is 17.4 Å². The maximum absolute atomic E-state index is 14.0. The Morgan fingerprint density at radius 2 is 1.95 bits per heavy atom. The van der Waals surface area contributed by atoms with Crippen LogP contribution in [-0.2, 0) is 6.42 Å². The molecule has 3 N–H and O–H groups in total. The molecule has 2 aromatic rings. The molecular weight excluding hydrogens is 282 g/mol. The lowest BCUT2D eigenvalue weighted by molar-refractivity contribution is 0.509. The molecule has 0 radical (unpaired) electrons. The number of hydrazine groups is 1. The first kappa shape index (κ1) is 14.9. The van der Waals surface area contributed by atoms with Crippen LogP contribution in [0, 0.1) is 18.6 Å². The van der Waals surface area contributed by atoms with Gasteiger partial charge in [-0.3, -0.25) is 11.3 Å². The maximum Gasteiger partial charge on any atom is 0.128 e. The monoisotopic (exact) mass is 296 g/mol. The summed E-state index contributed by atoms with van der Waals surface area (Å²) in [7, 11) is 0. The van der Waals surface area contributed by atoms with Crippen molar-refractivity contribution in [3.05, 3.63) is 69.7 Å². The lowest BCUT2D eigenvalue weighted by atomic mass is 9.98. The Morgan fingerprint density at radius 3 is 2.60 bits per heavy atom. The highest BCUT2D eigenvalue weighted by molar-refractivity contribution is 6.31. The predicted octanol–water partition coefficient (Wildman–Crippen LogP) is 3.67. The maximum atomic E-state index is 14.0. The fourth-order valence-electron chi connectivity index (χ4n) is 2.09. The van der Waals surface area contributed by atoms with E-state index in [1.54, 1.807) is 19.1 Å². The molecule has 0 saturated carbocycles. The third-order valence-corrected chi connectivity index (χ3v) is 3.53. The zero-order valence-electron chi connectivity index (χ0n) is 11.0. The van der Waals surface area contributed by atoms with Gasteiger partial charge in [0, 0.05) is 10.6 Å². The summed E-state index contributed by atoms with van der Waals surface area (Å²) in [6.45, 7) is 1.81. The van der Waals surface area contributed by atoms with E-state index < -0.39 is 6.04 Å². The predicted molar refractivity (Wildman–Crippen MR) is 76.3 cm³/mol. The molecule has 2 rings (SSSR count). The number of hydrogen-bond acceptors (Lipinski definition) is 2. The number of nitrogens with two attached hydrogens (primary N) is 1. The first-order valence-electron chi connectivity index (χ1n) is 6.17. The standard InChI is InChI=1S/C15H15ClF2N2/c1-9-2-4-12(14(18)6-9)15(20-19)8-10-7-11(17)3-5-13(10)16/h2-7,15,20H,8,19H2,1H3. The second-order valence-corrected chi connectivity index (χ2v) is 5.09. The van der Waals surface area contributed by atoms with Crippen molar-refractivity contribution in [3.8, 4) is 0 Å². The Kier molecular flexibility index (Phi) is 4.70. The van der Waals surface area contributed by atoms with Crippen molar-refractivity contribution < 1.29 is 8.78 Å². The van der Waals surface area contributed by atoms with Crippen molar-refractivity contribution in [3.63, 3.8) is 0 Å². The van der Waals surface area contributed by atoms with Crippen molar-refractivity contribution in [1.29, 1.82) is 0 Å². The molecule has 0 aliphatic carbocycles. The lowest BCUT2D eigenvalue weighted by Crippen LogP contribution is -2.30. The van der Waals surface area contributed by atoms with Crippen LogP contribution < -0.4 is 11.3 Å². The first-order valence-corrected chi connectivity index (χ1v) is 6.55. The second-order valence-electron chi connectivity index (χ2n) is 4.68. The molecule has 0 spiro atoms. The number of nitrogens with one attached hydrogen (secondary N) is 1. The molecule has 0 fully saturated rings. The highest BCUT2D eigenvalue weighted by Gasteiger charge is 2.17. The first-order chi connectivity index (χ1) is 9.51.